The van der Waals surface area contributed by atoms with Gasteiger partial charge >= 0.3 is 6.18 Å². The number of hydrogen-bond donors (Lipinski definition) is 0. The van der Waals surface area contributed by atoms with Gasteiger partial charge in [0.15, 0.2) is 11.5 Å². The van der Waals surface area contributed by atoms with Crippen LogP contribution in [-0.2, 0) is 6.18 Å². The minimum Gasteiger partial charge on any atom is -0.493 e. The molecule has 2 nitrogen and oxygen atoms in total. The van der Waals surface area contributed by atoms with Gasteiger partial charge < -0.3 is 9.47 Å². The maximum atomic E-state index is 12.8. The summed E-state index contributed by atoms with van der Waals surface area (Å²) < 4.78 is 48.8. The molecule has 0 aliphatic rings. The first-order valence-corrected chi connectivity index (χ1v) is 6.27. The molecule has 0 aliphatic heterocycles. The van der Waals surface area contributed by atoms with E-state index in [1.165, 1.54) is 20.3 Å². The molecule has 0 N–H and O–H groups in total. The molecule has 0 atom stereocenters. The summed E-state index contributed by atoms with van der Waals surface area (Å²) in [5.41, 5.74) is 1.26. The Hall–Kier alpha value is -2.17. The van der Waals surface area contributed by atoms with Crippen molar-refractivity contribution in [1.82, 2.24) is 0 Å². The summed E-state index contributed by atoms with van der Waals surface area (Å²) in [5, 5.41) is 0. The lowest BCUT2D eigenvalue weighted by Crippen LogP contribution is -2.05. The van der Waals surface area contributed by atoms with Crippen molar-refractivity contribution in [2.75, 3.05) is 14.2 Å². The van der Waals surface area contributed by atoms with Crippen molar-refractivity contribution in [2.45, 2.75) is 13.1 Å². The molecule has 2 aromatic rings. The molecule has 0 unspecified atom stereocenters. The van der Waals surface area contributed by atoms with E-state index in [9.17, 15) is 13.2 Å². The topological polar surface area (TPSA) is 18.5 Å². The molecular formula is C16H15F3O2. The molecule has 0 aliphatic carbocycles. The van der Waals surface area contributed by atoms with Crippen molar-refractivity contribution in [2.24, 2.45) is 0 Å². The lowest BCUT2D eigenvalue weighted by molar-refractivity contribution is -0.137. The van der Waals surface area contributed by atoms with Gasteiger partial charge in [-0.1, -0.05) is 12.1 Å². The Morgan fingerprint density at radius 1 is 0.857 bits per heavy atom. The Kier molecular flexibility index (Phi) is 4.11. The maximum absolute atomic E-state index is 12.8. The number of alkyl halides is 3. The van der Waals surface area contributed by atoms with Crippen LogP contribution in [0.15, 0.2) is 36.4 Å². The Bertz CT molecular complexity index is 648. The van der Waals surface area contributed by atoms with Gasteiger partial charge in [-0.3, -0.25) is 0 Å². The van der Waals surface area contributed by atoms with E-state index in [1.807, 2.05) is 0 Å². The standard InChI is InChI=1S/C16H15F3O2/c1-10-4-6-12(16(17,18)19)9-13(10)11-5-7-14(20-2)15(8-11)21-3/h4-9H,1-3H3. The zero-order chi connectivity index (χ0) is 15.6. The SMILES string of the molecule is COc1ccc(-c2cc(C(F)(F)F)ccc2C)cc1OC. The summed E-state index contributed by atoms with van der Waals surface area (Å²) in [5.74, 6) is 1.01. The van der Waals surface area contributed by atoms with E-state index in [-0.39, 0.29) is 0 Å². The van der Waals surface area contributed by atoms with Crippen LogP contribution in [0.4, 0.5) is 13.2 Å². The lowest BCUT2D eigenvalue weighted by atomic mass is 9.97. The van der Waals surface area contributed by atoms with Crippen molar-refractivity contribution in [3.63, 3.8) is 0 Å². The third-order valence-corrected chi connectivity index (χ3v) is 3.26. The van der Waals surface area contributed by atoms with E-state index in [0.29, 0.717) is 22.6 Å². The highest BCUT2D eigenvalue weighted by atomic mass is 19.4. The molecule has 0 aromatic heterocycles. The minimum absolute atomic E-state index is 0.479. The highest BCUT2D eigenvalue weighted by molar-refractivity contribution is 5.71. The third kappa shape index (κ3) is 3.12. The zero-order valence-corrected chi connectivity index (χ0v) is 11.9. The molecule has 0 amide bonds. The number of ether oxygens (including phenoxy) is 2. The second-order valence-electron chi connectivity index (χ2n) is 4.60. The van der Waals surface area contributed by atoms with E-state index in [4.69, 9.17) is 9.47 Å². The van der Waals surface area contributed by atoms with Gasteiger partial charge in [0.05, 0.1) is 19.8 Å². The number of rotatable bonds is 3. The van der Waals surface area contributed by atoms with Gasteiger partial charge in [-0.05, 0) is 47.9 Å². The molecule has 112 valence electrons. The number of hydrogen-bond acceptors (Lipinski definition) is 2. The number of halogens is 3. The molecule has 0 radical (unpaired) electrons. The molecule has 0 bridgehead atoms. The Morgan fingerprint density at radius 3 is 2.10 bits per heavy atom. The normalized spacial score (nSPS) is 11.3. The Morgan fingerprint density at radius 2 is 1.52 bits per heavy atom. The fourth-order valence-electron chi connectivity index (χ4n) is 2.11. The third-order valence-electron chi connectivity index (χ3n) is 3.26. The first kappa shape index (κ1) is 15.2. The average Bonchev–Trinajstić information content (AvgIpc) is 2.45. The van der Waals surface area contributed by atoms with Gasteiger partial charge in [0.2, 0.25) is 0 Å². The van der Waals surface area contributed by atoms with Gasteiger partial charge in [-0.25, -0.2) is 0 Å². The van der Waals surface area contributed by atoms with E-state index in [0.717, 1.165) is 17.7 Å². The van der Waals surface area contributed by atoms with Crippen LogP contribution in [0, 0.1) is 6.92 Å². The molecule has 2 rings (SSSR count). The summed E-state index contributed by atoms with van der Waals surface area (Å²) in [7, 11) is 2.99. The Labute approximate surface area is 121 Å². The van der Waals surface area contributed by atoms with Crippen LogP contribution in [0.2, 0.25) is 0 Å². The van der Waals surface area contributed by atoms with Gasteiger partial charge in [0.1, 0.15) is 0 Å². The minimum atomic E-state index is -4.36. The van der Waals surface area contributed by atoms with Crippen LogP contribution in [0.3, 0.4) is 0 Å². The molecule has 0 fully saturated rings. The lowest BCUT2D eigenvalue weighted by Gasteiger charge is -2.14. The summed E-state index contributed by atoms with van der Waals surface area (Å²) in [6.45, 7) is 1.77. The first-order valence-electron chi connectivity index (χ1n) is 6.27. The second-order valence-corrected chi connectivity index (χ2v) is 4.60. The number of methoxy groups -OCH3 is 2. The monoisotopic (exact) mass is 296 g/mol. The van der Waals surface area contributed by atoms with Crippen molar-refractivity contribution in [1.29, 1.82) is 0 Å². The molecule has 21 heavy (non-hydrogen) atoms. The van der Waals surface area contributed by atoms with E-state index < -0.39 is 11.7 Å². The molecule has 0 heterocycles. The van der Waals surface area contributed by atoms with Gasteiger partial charge in [0.25, 0.3) is 0 Å². The summed E-state index contributed by atoms with van der Waals surface area (Å²) in [6.07, 6.45) is -4.36. The second kappa shape index (κ2) is 5.68. The molecular weight excluding hydrogens is 281 g/mol. The first-order chi connectivity index (χ1) is 9.86. The highest BCUT2D eigenvalue weighted by Gasteiger charge is 2.30. The van der Waals surface area contributed by atoms with Gasteiger partial charge in [-0.2, -0.15) is 13.2 Å². The van der Waals surface area contributed by atoms with Gasteiger partial charge in [0, 0.05) is 0 Å². The van der Waals surface area contributed by atoms with Crippen LogP contribution >= 0.6 is 0 Å². The number of benzene rings is 2. The van der Waals surface area contributed by atoms with Crippen molar-refractivity contribution in [3.8, 4) is 22.6 Å². The zero-order valence-electron chi connectivity index (χ0n) is 11.9. The fraction of sp³-hybridized carbons (Fsp3) is 0.250. The molecule has 5 heteroatoms. The van der Waals surface area contributed by atoms with Gasteiger partial charge in [-0.15, -0.1) is 0 Å². The average molecular weight is 296 g/mol. The van der Waals surface area contributed by atoms with Crippen LogP contribution in [-0.4, -0.2) is 14.2 Å². The summed E-state index contributed by atoms with van der Waals surface area (Å²) in [4.78, 5) is 0. The van der Waals surface area contributed by atoms with Crippen molar-refractivity contribution in [3.05, 3.63) is 47.5 Å². The van der Waals surface area contributed by atoms with Crippen molar-refractivity contribution < 1.29 is 22.6 Å². The molecule has 2 aromatic carbocycles. The molecule has 0 saturated carbocycles. The molecule has 0 spiro atoms. The van der Waals surface area contributed by atoms with E-state index in [1.54, 1.807) is 25.1 Å². The summed E-state index contributed by atoms with van der Waals surface area (Å²) >= 11 is 0. The quantitative estimate of drug-likeness (QED) is 0.817. The van der Waals surface area contributed by atoms with Crippen LogP contribution in [0.5, 0.6) is 11.5 Å². The highest BCUT2D eigenvalue weighted by Crippen LogP contribution is 2.37. The van der Waals surface area contributed by atoms with Crippen LogP contribution in [0.25, 0.3) is 11.1 Å². The van der Waals surface area contributed by atoms with E-state index >= 15 is 0 Å². The smallest absolute Gasteiger partial charge is 0.416 e. The Balaban J connectivity index is 2.56. The predicted molar refractivity (Wildman–Crippen MR) is 74.7 cm³/mol. The van der Waals surface area contributed by atoms with Crippen molar-refractivity contribution >= 4 is 0 Å². The number of aryl methyl sites for hydroxylation is 1. The summed E-state index contributed by atoms with van der Waals surface area (Å²) in [6, 6.07) is 8.75. The maximum Gasteiger partial charge on any atom is 0.416 e. The van der Waals surface area contributed by atoms with Crippen LogP contribution < -0.4 is 9.47 Å². The van der Waals surface area contributed by atoms with Crippen LogP contribution in [0.1, 0.15) is 11.1 Å². The largest absolute Gasteiger partial charge is 0.493 e. The molecule has 0 saturated heterocycles. The fourth-order valence-corrected chi connectivity index (χ4v) is 2.11. The van der Waals surface area contributed by atoms with E-state index in [2.05, 4.69) is 0 Å². The predicted octanol–water partition coefficient (Wildman–Crippen LogP) is 4.70.